The molecule has 0 rings (SSSR count). The van der Waals surface area contributed by atoms with Gasteiger partial charge in [0.05, 0.1) is 13.4 Å². The molecule has 1 unspecified atom stereocenters. The molecular formula is C11H21NO8S. The highest BCUT2D eigenvalue weighted by Gasteiger charge is 2.39. The Morgan fingerprint density at radius 1 is 1.14 bits per heavy atom. The normalized spacial score (nSPS) is 15.0. The van der Waals surface area contributed by atoms with E-state index >= 15 is 0 Å². The van der Waals surface area contributed by atoms with Crippen LogP contribution in [0.3, 0.4) is 0 Å². The van der Waals surface area contributed by atoms with E-state index < -0.39 is 40.0 Å². The van der Waals surface area contributed by atoms with Crippen molar-refractivity contribution in [2.45, 2.75) is 38.9 Å². The van der Waals surface area contributed by atoms with Crippen LogP contribution in [0.25, 0.3) is 0 Å². The maximum Gasteiger partial charge on any atom is 0.431 e. The van der Waals surface area contributed by atoms with Crippen LogP contribution in [0.1, 0.15) is 27.7 Å². The van der Waals surface area contributed by atoms with Crippen molar-refractivity contribution in [3.63, 3.8) is 0 Å². The van der Waals surface area contributed by atoms with Crippen LogP contribution in [0, 0.1) is 0 Å². The van der Waals surface area contributed by atoms with Crippen LogP contribution in [0.2, 0.25) is 0 Å². The number of hydroxylamine groups is 1. The molecule has 0 heterocycles. The highest BCUT2D eigenvalue weighted by molar-refractivity contribution is 7.85. The summed E-state index contributed by atoms with van der Waals surface area (Å²) >= 11 is 0. The molecule has 0 radical (unpaired) electrons. The van der Waals surface area contributed by atoms with E-state index in [0.717, 1.165) is 13.4 Å². The minimum atomic E-state index is -3.80. The van der Waals surface area contributed by atoms with Crippen molar-refractivity contribution in [2.75, 3.05) is 20.0 Å². The largest absolute Gasteiger partial charge is 0.467 e. The van der Waals surface area contributed by atoms with E-state index in [1.807, 2.05) is 5.48 Å². The van der Waals surface area contributed by atoms with Gasteiger partial charge in [-0.2, -0.15) is 13.9 Å². The van der Waals surface area contributed by atoms with Crippen LogP contribution in [0.4, 0.5) is 4.79 Å². The Labute approximate surface area is 124 Å². The van der Waals surface area contributed by atoms with Crippen LogP contribution in [0.15, 0.2) is 0 Å². The molecule has 0 aliphatic rings. The van der Waals surface area contributed by atoms with Gasteiger partial charge in [-0.05, 0) is 27.7 Å². The van der Waals surface area contributed by atoms with Gasteiger partial charge in [-0.1, -0.05) is 0 Å². The van der Waals surface area contributed by atoms with Gasteiger partial charge in [0, 0.05) is 0 Å². The predicted octanol–water partition coefficient (Wildman–Crippen LogP) is 0.351. The number of carbonyl (C=O) groups is 2. The fourth-order valence-corrected chi connectivity index (χ4v) is 1.46. The van der Waals surface area contributed by atoms with Gasteiger partial charge in [0.25, 0.3) is 10.1 Å². The van der Waals surface area contributed by atoms with Crippen molar-refractivity contribution in [1.29, 1.82) is 0 Å². The van der Waals surface area contributed by atoms with Crippen molar-refractivity contribution in [2.24, 2.45) is 0 Å². The molecule has 1 N–H and O–H groups in total. The summed E-state index contributed by atoms with van der Waals surface area (Å²) < 4.78 is 35.8. The van der Waals surface area contributed by atoms with E-state index in [4.69, 9.17) is 9.57 Å². The van der Waals surface area contributed by atoms with Crippen molar-refractivity contribution >= 4 is 22.2 Å². The third kappa shape index (κ3) is 8.48. The van der Waals surface area contributed by atoms with Gasteiger partial charge in [-0.3, -0.25) is 9.02 Å². The number of carbonyl (C=O) groups excluding carboxylic acids is 2. The molecule has 0 spiro atoms. The lowest BCUT2D eigenvalue weighted by Crippen LogP contribution is -2.49. The molecule has 0 aromatic rings. The number of ether oxygens (including phenoxy) is 2. The van der Waals surface area contributed by atoms with Gasteiger partial charge >= 0.3 is 12.1 Å². The molecule has 124 valence electrons. The highest BCUT2D eigenvalue weighted by atomic mass is 32.2. The highest BCUT2D eigenvalue weighted by Crippen LogP contribution is 2.14. The minimum Gasteiger partial charge on any atom is -0.467 e. The molecule has 0 aliphatic carbocycles. The minimum absolute atomic E-state index is 0.672. The zero-order valence-corrected chi connectivity index (χ0v) is 13.7. The standard InChI is InChI=1S/C11H21NO8S/c1-10(2,3)19-9(14)12-20-11(4,8(13)17-5)7-18-21(6,15)16/h7H2,1-6H3,(H,12,14). The fraction of sp³-hybridized carbons (Fsp3) is 0.818. The van der Waals surface area contributed by atoms with E-state index in [2.05, 4.69) is 8.92 Å². The number of hydrogen-bond acceptors (Lipinski definition) is 8. The van der Waals surface area contributed by atoms with E-state index in [1.165, 1.54) is 6.92 Å². The quantitative estimate of drug-likeness (QED) is 0.422. The average molecular weight is 327 g/mol. The van der Waals surface area contributed by atoms with Gasteiger partial charge < -0.3 is 9.47 Å². The Morgan fingerprint density at radius 3 is 2.05 bits per heavy atom. The molecule has 0 saturated carbocycles. The number of esters is 1. The fourth-order valence-electron chi connectivity index (χ4n) is 1.02. The molecule has 0 fully saturated rings. The number of amides is 1. The summed E-state index contributed by atoms with van der Waals surface area (Å²) in [5.74, 6) is -0.929. The van der Waals surface area contributed by atoms with Crippen LogP contribution in [-0.4, -0.2) is 51.7 Å². The summed E-state index contributed by atoms with van der Waals surface area (Å²) in [6.45, 7) is 5.44. The zero-order valence-electron chi connectivity index (χ0n) is 12.9. The Balaban J connectivity index is 4.78. The summed E-state index contributed by atoms with van der Waals surface area (Å²) in [6.07, 6.45) is -0.136. The first-order valence-corrected chi connectivity index (χ1v) is 7.70. The molecule has 0 saturated heterocycles. The number of nitrogens with one attached hydrogen (secondary N) is 1. The second-order valence-corrected chi connectivity index (χ2v) is 7.04. The second kappa shape index (κ2) is 7.05. The first-order valence-electron chi connectivity index (χ1n) is 5.89. The van der Waals surface area contributed by atoms with Crippen molar-refractivity contribution in [3.05, 3.63) is 0 Å². The van der Waals surface area contributed by atoms with Gasteiger partial charge in [0.1, 0.15) is 12.2 Å². The van der Waals surface area contributed by atoms with Crippen molar-refractivity contribution < 1.29 is 36.5 Å². The van der Waals surface area contributed by atoms with Crippen LogP contribution in [0.5, 0.6) is 0 Å². The smallest absolute Gasteiger partial charge is 0.431 e. The maximum absolute atomic E-state index is 11.6. The molecule has 9 nitrogen and oxygen atoms in total. The van der Waals surface area contributed by atoms with Crippen molar-refractivity contribution in [1.82, 2.24) is 5.48 Å². The molecule has 0 aromatic carbocycles. The second-order valence-electron chi connectivity index (χ2n) is 5.39. The Morgan fingerprint density at radius 2 is 1.67 bits per heavy atom. The third-order valence-corrected chi connectivity index (χ3v) is 2.47. The first kappa shape index (κ1) is 19.6. The predicted molar refractivity (Wildman–Crippen MR) is 71.7 cm³/mol. The molecule has 0 bridgehead atoms. The van der Waals surface area contributed by atoms with Crippen LogP contribution in [-0.2, 0) is 33.4 Å². The Kier molecular flexibility index (Phi) is 6.58. The molecular weight excluding hydrogens is 306 g/mol. The summed E-state index contributed by atoms with van der Waals surface area (Å²) in [5.41, 5.74) is -0.723. The first-order chi connectivity index (χ1) is 9.29. The van der Waals surface area contributed by atoms with E-state index in [0.29, 0.717) is 0 Å². The number of hydrogen-bond donors (Lipinski definition) is 1. The van der Waals surface area contributed by atoms with Gasteiger partial charge in [0.15, 0.2) is 0 Å². The third-order valence-electron chi connectivity index (χ3n) is 1.92. The van der Waals surface area contributed by atoms with E-state index in [9.17, 15) is 18.0 Å². The monoisotopic (exact) mass is 327 g/mol. The SMILES string of the molecule is COC(=O)C(C)(COS(C)(=O)=O)ONC(=O)OC(C)(C)C. The molecule has 10 heteroatoms. The van der Waals surface area contributed by atoms with E-state index in [1.54, 1.807) is 20.8 Å². The molecule has 1 amide bonds. The lowest BCUT2D eigenvalue weighted by molar-refractivity contribution is -0.180. The summed E-state index contributed by atoms with van der Waals surface area (Å²) in [4.78, 5) is 28.0. The molecule has 0 aromatic heterocycles. The lowest BCUT2D eigenvalue weighted by atomic mass is 10.1. The summed E-state index contributed by atoms with van der Waals surface area (Å²) in [6, 6.07) is 0. The van der Waals surface area contributed by atoms with E-state index in [-0.39, 0.29) is 0 Å². The zero-order chi connectivity index (χ0) is 16.9. The average Bonchev–Trinajstić information content (AvgIpc) is 2.30. The molecule has 0 aliphatic heterocycles. The van der Waals surface area contributed by atoms with Gasteiger partial charge in [-0.25, -0.2) is 9.59 Å². The van der Waals surface area contributed by atoms with Crippen molar-refractivity contribution in [3.8, 4) is 0 Å². The Bertz CT molecular complexity index is 481. The Hall–Kier alpha value is -1.39. The van der Waals surface area contributed by atoms with Gasteiger partial charge in [-0.15, -0.1) is 0 Å². The topological polar surface area (TPSA) is 117 Å². The van der Waals surface area contributed by atoms with Gasteiger partial charge in [0.2, 0.25) is 5.60 Å². The number of methoxy groups -OCH3 is 1. The lowest BCUT2D eigenvalue weighted by Gasteiger charge is -2.26. The maximum atomic E-state index is 11.6. The van der Waals surface area contributed by atoms with Crippen LogP contribution < -0.4 is 5.48 Å². The molecule has 21 heavy (non-hydrogen) atoms. The molecule has 1 atom stereocenters. The summed E-state index contributed by atoms with van der Waals surface area (Å²) in [5, 5.41) is 0. The number of rotatable bonds is 6. The summed E-state index contributed by atoms with van der Waals surface area (Å²) in [7, 11) is -2.72. The van der Waals surface area contributed by atoms with Crippen LogP contribution >= 0.6 is 0 Å².